The van der Waals surface area contributed by atoms with E-state index in [-0.39, 0.29) is 44.9 Å². The van der Waals surface area contributed by atoms with E-state index < -0.39 is 52.8 Å². The third-order valence-corrected chi connectivity index (χ3v) is 10.8. The lowest BCUT2D eigenvalue weighted by Crippen LogP contribution is -2.65. The molecule has 1 aliphatic heterocycles. The van der Waals surface area contributed by atoms with Crippen molar-refractivity contribution in [3.8, 4) is 16.9 Å². The van der Waals surface area contributed by atoms with Gasteiger partial charge in [-0.15, -0.1) is 10.3 Å². The van der Waals surface area contributed by atoms with E-state index in [1.54, 1.807) is 44.2 Å². The number of amides is 3. The minimum absolute atomic E-state index is 0.0542. The molecule has 4 aromatic carbocycles. The molecule has 1 heterocycles. The number of carbonyl (C=O) groups is 4. The van der Waals surface area contributed by atoms with Crippen LogP contribution in [0.2, 0.25) is 0 Å². The van der Waals surface area contributed by atoms with Gasteiger partial charge in [0.25, 0.3) is 0 Å². The number of alkyl carbamates (subject to hydrolysis) is 1. The number of hydroxylamine groups is 2. The van der Waals surface area contributed by atoms with E-state index >= 15 is 0 Å². The van der Waals surface area contributed by atoms with Crippen LogP contribution in [0.5, 0.6) is 5.75 Å². The van der Waals surface area contributed by atoms with Gasteiger partial charge in [0.15, 0.2) is 0 Å². The molecular weight excluding hydrogens is 737 g/mol. The predicted molar refractivity (Wildman–Crippen MR) is 218 cm³/mol. The maximum Gasteiger partial charge on any atom is 0.513 e. The maximum absolute atomic E-state index is 15.0. The Hall–Kier alpha value is -5.72. The van der Waals surface area contributed by atoms with Crippen LogP contribution in [-0.2, 0) is 30.7 Å². The highest BCUT2D eigenvalue weighted by molar-refractivity contribution is 5.90. The summed E-state index contributed by atoms with van der Waals surface area (Å²) in [6.45, 7) is 10.1. The molecule has 2 N–H and O–H groups in total. The molecule has 6 rings (SSSR count). The zero-order valence-electron chi connectivity index (χ0n) is 34.0. The molecule has 12 heteroatoms. The predicted octanol–water partition coefficient (Wildman–Crippen LogP) is 7.44. The van der Waals surface area contributed by atoms with Crippen LogP contribution in [0.4, 0.5) is 9.59 Å². The van der Waals surface area contributed by atoms with Crippen LogP contribution in [0.1, 0.15) is 77.0 Å². The third-order valence-electron chi connectivity index (χ3n) is 10.8. The average molecular weight is 790 g/mol. The van der Waals surface area contributed by atoms with Crippen molar-refractivity contribution in [2.45, 2.75) is 95.4 Å². The highest BCUT2D eigenvalue weighted by atomic mass is 16.7. The van der Waals surface area contributed by atoms with Crippen LogP contribution in [0.3, 0.4) is 0 Å². The van der Waals surface area contributed by atoms with Crippen molar-refractivity contribution in [2.75, 3.05) is 19.8 Å². The Labute approximate surface area is 340 Å². The molecule has 305 valence electrons. The lowest BCUT2D eigenvalue weighted by molar-refractivity contribution is -0.293. The Morgan fingerprint density at radius 3 is 1.90 bits per heavy atom. The fourth-order valence-corrected chi connectivity index (χ4v) is 8.31. The summed E-state index contributed by atoms with van der Waals surface area (Å²) in [7, 11) is 0. The van der Waals surface area contributed by atoms with Crippen molar-refractivity contribution in [3.63, 3.8) is 0 Å². The van der Waals surface area contributed by atoms with E-state index in [9.17, 15) is 24.4 Å². The number of nitrogens with one attached hydrogen (secondary N) is 2. The fourth-order valence-electron chi connectivity index (χ4n) is 8.31. The second-order valence-corrected chi connectivity index (χ2v) is 17.0. The summed E-state index contributed by atoms with van der Waals surface area (Å²) in [6.07, 6.45) is -1.02. The summed E-state index contributed by atoms with van der Waals surface area (Å²) in [5, 5.41) is 20.2. The van der Waals surface area contributed by atoms with Gasteiger partial charge in [0, 0.05) is 29.5 Å². The largest absolute Gasteiger partial charge is 0.513 e. The average Bonchev–Trinajstić information content (AvgIpc) is 3.50. The monoisotopic (exact) mass is 789 g/mol. The first-order valence-electron chi connectivity index (χ1n) is 19.7. The van der Waals surface area contributed by atoms with Crippen LogP contribution in [0.25, 0.3) is 11.1 Å². The molecule has 0 aromatic heterocycles. The molecule has 4 aromatic rings. The van der Waals surface area contributed by atoms with Crippen LogP contribution in [0, 0.1) is 0 Å². The van der Waals surface area contributed by atoms with Gasteiger partial charge in [-0.1, -0.05) is 97.1 Å². The number of nitrogens with zero attached hydrogens (tertiary/aromatic N) is 2. The number of hydrogen-bond acceptors (Lipinski definition) is 8. The first-order valence-corrected chi connectivity index (χ1v) is 19.7. The number of hydrogen-bond donors (Lipinski definition) is 2. The normalized spacial score (nSPS) is 16.6. The van der Waals surface area contributed by atoms with E-state index in [4.69, 9.17) is 14.2 Å². The van der Waals surface area contributed by atoms with Crippen molar-refractivity contribution in [1.82, 2.24) is 20.6 Å². The van der Waals surface area contributed by atoms with Gasteiger partial charge in [0.2, 0.25) is 11.8 Å². The van der Waals surface area contributed by atoms with Crippen molar-refractivity contribution in [2.24, 2.45) is 0 Å². The molecular formula is C46H53N4O8. The van der Waals surface area contributed by atoms with Crippen LogP contribution in [0.15, 0.2) is 109 Å². The fraction of sp³-hybridized carbons (Fsp3) is 0.391. The van der Waals surface area contributed by atoms with Gasteiger partial charge in [-0.2, -0.15) is 0 Å². The molecule has 1 aliphatic carbocycles. The molecule has 2 aliphatic rings. The standard InChI is InChI=1S/C46H53N4O8/c1-44(2,30-57-43(54)58-33-19-11-8-12-20-33)48-40(51)28-49(32-26-45(3,4)50(55)46(5,6)27-32)41(52)39(25-31-17-9-7-10-18-31)47-42(53)56-29-38-36-23-15-13-21-34(36)35-22-14-16-24-37(35)38/h7-24,32,38-39H,25-30H2,1-6H3,(H,47,53)(H,48,51)/t39-/m0/s1. The van der Waals surface area contributed by atoms with Crippen molar-refractivity contribution in [1.29, 1.82) is 0 Å². The topological polar surface area (TPSA) is 146 Å². The van der Waals surface area contributed by atoms with Crippen molar-refractivity contribution >= 4 is 24.1 Å². The highest BCUT2D eigenvalue weighted by Gasteiger charge is 2.49. The molecule has 1 fully saturated rings. The summed E-state index contributed by atoms with van der Waals surface area (Å²) in [5.74, 6) is -0.881. The Morgan fingerprint density at radius 1 is 0.776 bits per heavy atom. The zero-order valence-corrected chi connectivity index (χ0v) is 34.0. The van der Waals surface area contributed by atoms with Gasteiger partial charge in [-0.25, -0.2) is 9.59 Å². The van der Waals surface area contributed by atoms with Gasteiger partial charge >= 0.3 is 12.2 Å². The smallest absolute Gasteiger partial charge is 0.449 e. The number of piperidine rings is 1. The Kier molecular flexibility index (Phi) is 12.6. The van der Waals surface area contributed by atoms with E-state index in [1.165, 1.54) is 4.90 Å². The second-order valence-electron chi connectivity index (χ2n) is 17.0. The molecule has 0 saturated carbocycles. The van der Waals surface area contributed by atoms with Gasteiger partial charge in [-0.05, 0) is 94.3 Å². The van der Waals surface area contributed by atoms with E-state index in [0.717, 1.165) is 32.9 Å². The maximum atomic E-state index is 15.0. The van der Waals surface area contributed by atoms with Crippen LogP contribution in [-0.4, -0.2) is 82.5 Å². The first kappa shape index (κ1) is 41.9. The Morgan fingerprint density at radius 2 is 1.31 bits per heavy atom. The Balaban J connectivity index is 1.21. The number of carbonyl (C=O) groups excluding carboxylic acids is 4. The molecule has 1 radical (unpaired) electrons. The molecule has 3 amide bonds. The SMILES string of the molecule is CC(C)(COC(=O)Oc1ccccc1)NC(=O)CN(C(=O)[C@H](Cc1ccccc1)NC(=O)OCC1c2ccccc2-c2ccccc21)C1CC(C)(C)N([O])C(C)(C)C1. The van der Waals surface area contributed by atoms with Gasteiger partial charge < -0.3 is 29.7 Å². The number of benzene rings is 4. The highest BCUT2D eigenvalue weighted by Crippen LogP contribution is 2.44. The molecule has 0 bridgehead atoms. The summed E-state index contributed by atoms with van der Waals surface area (Å²) in [6, 6.07) is 32.2. The van der Waals surface area contributed by atoms with Crippen LogP contribution < -0.4 is 15.4 Å². The molecule has 12 nitrogen and oxygen atoms in total. The van der Waals surface area contributed by atoms with Crippen molar-refractivity contribution in [3.05, 3.63) is 126 Å². The van der Waals surface area contributed by atoms with Gasteiger partial charge in [0.1, 0.15) is 25.0 Å². The summed E-state index contributed by atoms with van der Waals surface area (Å²) >= 11 is 0. The van der Waals surface area contributed by atoms with E-state index in [2.05, 4.69) is 22.8 Å². The molecule has 58 heavy (non-hydrogen) atoms. The number of rotatable bonds is 13. The molecule has 1 atom stereocenters. The van der Waals surface area contributed by atoms with Gasteiger partial charge in [-0.3, -0.25) is 9.59 Å². The minimum Gasteiger partial charge on any atom is -0.449 e. The van der Waals surface area contributed by atoms with E-state index in [1.807, 2.05) is 94.4 Å². The number of para-hydroxylation sites is 1. The molecule has 0 spiro atoms. The van der Waals surface area contributed by atoms with Crippen LogP contribution >= 0.6 is 0 Å². The minimum atomic E-state index is -1.12. The van der Waals surface area contributed by atoms with E-state index in [0.29, 0.717) is 5.75 Å². The molecule has 0 unspecified atom stereocenters. The summed E-state index contributed by atoms with van der Waals surface area (Å²) in [5.41, 5.74) is 2.29. The number of fused-ring (bicyclic) bond motifs is 3. The summed E-state index contributed by atoms with van der Waals surface area (Å²) in [4.78, 5) is 56.5. The quantitative estimate of drug-likeness (QED) is 0.105. The third kappa shape index (κ3) is 10.0. The summed E-state index contributed by atoms with van der Waals surface area (Å²) < 4.78 is 16.5. The lowest BCUT2D eigenvalue weighted by atomic mass is 9.78. The first-order chi connectivity index (χ1) is 27.5. The number of ether oxygens (including phenoxy) is 3. The van der Waals surface area contributed by atoms with Crippen molar-refractivity contribution < 1.29 is 38.6 Å². The lowest BCUT2D eigenvalue weighted by Gasteiger charge is -2.52. The Bertz CT molecular complexity index is 2020. The molecule has 1 saturated heterocycles. The zero-order chi connectivity index (χ0) is 41.7. The second kappa shape index (κ2) is 17.4. The van der Waals surface area contributed by atoms with Gasteiger partial charge in [0.05, 0.1) is 12.1 Å².